The SMILES string of the molecule is CN[C@H](c1cccc([N+](=O)[O-])c1)c1nnnn1-c1cccc(Cl)c1. The number of tetrazole rings is 1. The van der Waals surface area contributed by atoms with Crippen LogP contribution in [0, 0.1) is 10.1 Å². The third-order valence-corrected chi connectivity index (χ3v) is 3.74. The molecular formula is C15H13ClN6O2. The molecule has 0 unspecified atom stereocenters. The Morgan fingerprint density at radius 3 is 2.75 bits per heavy atom. The van der Waals surface area contributed by atoms with Crippen molar-refractivity contribution in [2.75, 3.05) is 7.05 Å². The van der Waals surface area contributed by atoms with Crippen molar-refractivity contribution >= 4 is 17.3 Å². The van der Waals surface area contributed by atoms with E-state index >= 15 is 0 Å². The standard InChI is InChI=1S/C15H13ClN6O2/c1-17-14(10-4-2-7-13(8-10)22(23)24)15-18-19-20-21(15)12-6-3-5-11(16)9-12/h2-9,14,17H,1H3/t14-/m1/s1. The number of non-ortho nitro benzene ring substituents is 1. The van der Waals surface area contributed by atoms with Gasteiger partial charge in [0.05, 0.1) is 16.7 Å². The van der Waals surface area contributed by atoms with E-state index in [4.69, 9.17) is 11.6 Å². The largest absolute Gasteiger partial charge is 0.307 e. The third kappa shape index (κ3) is 3.10. The van der Waals surface area contributed by atoms with Gasteiger partial charge < -0.3 is 5.32 Å². The van der Waals surface area contributed by atoms with E-state index in [1.54, 1.807) is 42.1 Å². The molecule has 1 N–H and O–H groups in total. The molecule has 9 heteroatoms. The normalized spacial score (nSPS) is 12.1. The third-order valence-electron chi connectivity index (χ3n) is 3.51. The zero-order chi connectivity index (χ0) is 17.1. The van der Waals surface area contributed by atoms with Crippen molar-refractivity contribution in [3.8, 4) is 5.69 Å². The molecule has 0 saturated heterocycles. The Morgan fingerprint density at radius 2 is 2.04 bits per heavy atom. The molecule has 1 aromatic heterocycles. The van der Waals surface area contributed by atoms with Gasteiger partial charge in [-0.3, -0.25) is 10.1 Å². The summed E-state index contributed by atoms with van der Waals surface area (Å²) in [4.78, 5) is 10.6. The van der Waals surface area contributed by atoms with Crippen molar-refractivity contribution in [2.24, 2.45) is 0 Å². The molecular weight excluding hydrogens is 332 g/mol. The van der Waals surface area contributed by atoms with Crippen molar-refractivity contribution in [1.29, 1.82) is 0 Å². The summed E-state index contributed by atoms with van der Waals surface area (Å²) in [6.07, 6.45) is 0. The Morgan fingerprint density at radius 1 is 1.25 bits per heavy atom. The molecule has 0 saturated carbocycles. The van der Waals surface area contributed by atoms with Gasteiger partial charge in [0.1, 0.15) is 0 Å². The molecule has 0 aliphatic rings. The number of nitro groups is 1. The highest BCUT2D eigenvalue weighted by atomic mass is 35.5. The second-order valence-corrected chi connectivity index (χ2v) is 5.44. The van der Waals surface area contributed by atoms with Crippen molar-refractivity contribution in [2.45, 2.75) is 6.04 Å². The monoisotopic (exact) mass is 344 g/mol. The molecule has 8 nitrogen and oxygen atoms in total. The quantitative estimate of drug-likeness (QED) is 0.564. The molecule has 3 aromatic rings. The van der Waals surface area contributed by atoms with Crippen LogP contribution in [-0.4, -0.2) is 32.2 Å². The van der Waals surface area contributed by atoms with Gasteiger partial charge in [-0.25, -0.2) is 0 Å². The first-order valence-electron chi connectivity index (χ1n) is 7.06. The predicted molar refractivity (Wildman–Crippen MR) is 88.2 cm³/mol. The lowest BCUT2D eigenvalue weighted by Gasteiger charge is -2.16. The molecule has 2 aromatic carbocycles. The average Bonchev–Trinajstić information content (AvgIpc) is 3.05. The van der Waals surface area contributed by atoms with Crippen LogP contribution in [0.3, 0.4) is 0 Å². The van der Waals surface area contributed by atoms with Crippen molar-refractivity contribution < 1.29 is 4.92 Å². The topological polar surface area (TPSA) is 98.8 Å². The number of benzene rings is 2. The maximum absolute atomic E-state index is 11.0. The van der Waals surface area contributed by atoms with Crippen molar-refractivity contribution in [3.05, 3.63) is 75.1 Å². The fraction of sp³-hybridized carbons (Fsp3) is 0.133. The highest BCUT2D eigenvalue weighted by Gasteiger charge is 2.22. The summed E-state index contributed by atoms with van der Waals surface area (Å²) < 4.78 is 1.55. The molecule has 0 aliphatic heterocycles. The first-order chi connectivity index (χ1) is 11.6. The van der Waals surface area contributed by atoms with Crippen molar-refractivity contribution in [3.63, 3.8) is 0 Å². The molecule has 0 fully saturated rings. The van der Waals surface area contributed by atoms with Gasteiger partial charge in [-0.2, -0.15) is 4.68 Å². The van der Waals surface area contributed by atoms with E-state index < -0.39 is 11.0 Å². The Hall–Kier alpha value is -2.84. The van der Waals surface area contributed by atoms with Gasteiger partial charge in [-0.1, -0.05) is 29.8 Å². The summed E-state index contributed by atoms with van der Waals surface area (Å²) in [5.74, 6) is 0.500. The maximum Gasteiger partial charge on any atom is 0.269 e. The van der Waals surface area contributed by atoms with Gasteiger partial charge in [0.2, 0.25) is 0 Å². The number of nitrogens with one attached hydrogen (secondary N) is 1. The lowest BCUT2D eigenvalue weighted by molar-refractivity contribution is -0.384. The first kappa shape index (κ1) is 16.0. The van der Waals surface area contributed by atoms with Crippen LogP contribution in [-0.2, 0) is 0 Å². The zero-order valence-electron chi connectivity index (χ0n) is 12.6. The number of hydrogen-bond donors (Lipinski definition) is 1. The predicted octanol–water partition coefficient (Wildman–Crippen LogP) is 2.53. The Labute approximate surface area is 142 Å². The second-order valence-electron chi connectivity index (χ2n) is 5.00. The average molecular weight is 345 g/mol. The number of nitro benzene ring substituents is 1. The van der Waals surface area contributed by atoms with Gasteiger partial charge in [0, 0.05) is 17.2 Å². The number of halogens is 1. The van der Waals surface area contributed by atoms with Crippen LogP contribution < -0.4 is 5.32 Å². The molecule has 0 radical (unpaired) electrons. The number of rotatable bonds is 5. The van der Waals surface area contributed by atoms with Gasteiger partial charge in [0.15, 0.2) is 5.82 Å². The summed E-state index contributed by atoms with van der Waals surface area (Å²) in [7, 11) is 1.74. The molecule has 0 spiro atoms. The van der Waals surface area contributed by atoms with Crippen molar-refractivity contribution in [1.82, 2.24) is 25.5 Å². The molecule has 122 valence electrons. The minimum atomic E-state index is -0.434. The molecule has 0 aliphatic carbocycles. The molecule has 0 bridgehead atoms. The molecule has 1 heterocycles. The van der Waals surface area contributed by atoms with E-state index in [1.165, 1.54) is 12.1 Å². The zero-order valence-corrected chi connectivity index (χ0v) is 13.4. The minimum Gasteiger partial charge on any atom is -0.307 e. The minimum absolute atomic E-state index is 0.00882. The second kappa shape index (κ2) is 6.73. The lowest BCUT2D eigenvalue weighted by atomic mass is 10.1. The van der Waals surface area contributed by atoms with E-state index in [9.17, 15) is 10.1 Å². The summed E-state index contributed by atoms with van der Waals surface area (Å²) in [6.45, 7) is 0. The van der Waals surface area contributed by atoms with Crippen LogP contribution in [0.15, 0.2) is 48.5 Å². The summed E-state index contributed by atoms with van der Waals surface area (Å²) >= 11 is 6.03. The molecule has 1 atom stereocenters. The highest BCUT2D eigenvalue weighted by Crippen LogP contribution is 2.25. The summed E-state index contributed by atoms with van der Waals surface area (Å²) in [5, 5.41) is 26.5. The molecule has 0 amide bonds. The Bertz CT molecular complexity index is 882. The van der Waals surface area contributed by atoms with E-state index in [0.717, 1.165) is 0 Å². The summed E-state index contributed by atoms with van der Waals surface area (Å²) in [6, 6.07) is 13.0. The van der Waals surface area contributed by atoms with Gasteiger partial charge >= 0.3 is 0 Å². The van der Waals surface area contributed by atoms with Gasteiger partial charge in [-0.15, -0.1) is 5.10 Å². The fourth-order valence-corrected chi connectivity index (χ4v) is 2.61. The van der Waals surface area contributed by atoms with Crippen LogP contribution >= 0.6 is 11.6 Å². The van der Waals surface area contributed by atoms with Crippen LogP contribution in [0.2, 0.25) is 5.02 Å². The van der Waals surface area contributed by atoms with Crippen LogP contribution in [0.25, 0.3) is 5.69 Å². The fourth-order valence-electron chi connectivity index (χ4n) is 2.43. The first-order valence-corrected chi connectivity index (χ1v) is 7.44. The van der Waals surface area contributed by atoms with E-state index in [2.05, 4.69) is 20.8 Å². The molecule has 24 heavy (non-hydrogen) atoms. The van der Waals surface area contributed by atoms with Gasteiger partial charge in [0.25, 0.3) is 5.69 Å². The van der Waals surface area contributed by atoms with Crippen LogP contribution in [0.4, 0.5) is 5.69 Å². The van der Waals surface area contributed by atoms with E-state index in [0.29, 0.717) is 22.1 Å². The van der Waals surface area contributed by atoms with Gasteiger partial charge in [-0.05, 0) is 41.2 Å². The maximum atomic E-state index is 11.0. The van der Waals surface area contributed by atoms with Crippen LogP contribution in [0.5, 0.6) is 0 Å². The van der Waals surface area contributed by atoms with Crippen LogP contribution in [0.1, 0.15) is 17.4 Å². The number of hydrogen-bond acceptors (Lipinski definition) is 6. The Balaban J connectivity index is 2.06. The summed E-state index contributed by atoms with van der Waals surface area (Å²) in [5.41, 5.74) is 1.40. The highest BCUT2D eigenvalue weighted by molar-refractivity contribution is 6.30. The lowest BCUT2D eigenvalue weighted by Crippen LogP contribution is -2.22. The Kier molecular flexibility index (Phi) is 4.50. The smallest absolute Gasteiger partial charge is 0.269 e. The molecule has 3 rings (SSSR count). The van der Waals surface area contributed by atoms with E-state index in [1.807, 2.05) is 6.07 Å². The number of nitrogens with zero attached hydrogens (tertiary/aromatic N) is 5. The van der Waals surface area contributed by atoms with E-state index in [-0.39, 0.29) is 5.69 Å². The number of aromatic nitrogens is 4.